The topological polar surface area (TPSA) is 83.5 Å². The summed E-state index contributed by atoms with van der Waals surface area (Å²) in [4.78, 5) is 10.3. The molecule has 106 valence electrons. The van der Waals surface area contributed by atoms with E-state index in [0.717, 1.165) is 0 Å². The molecule has 0 bridgehead atoms. The molecule has 19 heavy (non-hydrogen) atoms. The van der Waals surface area contributed by atoms with Gasteiger partial charge in [0, 0.05) is 12.5 Å². The number of carboxylic acids is 1. The van der Waals surface area contributed by atoms with Crippen molar-refractivity contribution < 1.29 is 22.7 Å². The number of hydrogen-bond acceptors (Lipinski definition) is 3. The number of nitrogens with one attached hydrogen (secondary N) is 1. The van der Waals surface area contributed by atoms with Crippen molar-refractivity contribution in [2.75, 3.05) is 5.75 Å². The van der Waals surface area contributed by atoms with Crippen LogP contribution in [0.25, 0.3) is 0 Å². The zero-order chi connectivity index (χ0) is 14.5. The molecule has 1 atom stereocenters. The van der Waals surface area contributed by atoms with Crippen LogP contribution in [0.1, 0.15) is 31.4 Å². The van der Waals surface area contributed by atoms with Crippen molar-refractivity contribution in [3.05, 3.63) is 35.6 Å². The first-order valence-electron chi connectivity index (χ1n) is 5.77. The summed E-state index contributed by atoms with van der Waals surface area (Å²) in [5, 5.41) is 8.45. The highest BCUT2D eigenvalue weighted by Gasteiger charge is 2.16. The van der Waals surface area contributed by atoms with E-state index in [1.165, 1.54) is 24.3 Å². The fourth-order valence-electron chi connectivity index (χ4n) is 1.56. The highest BCUT2D eigenvalue weighted by molar-refractivity contribution is 7.89. The maximum atomic E-state index is 12.7. The summed E-state index contributed by atoms with van der Waals surface area (Å²) in [6, 6.07) is 5.02. The SMILES string of the molecule is CC(NS(=O)(=O)CCCC(=O)O)c1ccc(F)cc1. The molecule has 1 unspecified atom stereocenters. The smallest absolute Gasteiger partial charge is 0.303 e. The number of rotatable bonds is 7. The van der Waals surface area contributed by atoms with Crippen LogP contribution in [-0.2, 0) is 14.8 Å². The van der Waals surface area contributed by atoms with Crippen LogP contribution in [0, 0.1) is 5.82 Å². The van der Waals surface area contributed by atoms with Gasteiger partial charge in [0.15, 0.2) is 0 Å². The lowest BCUT2D eigenvalue weighted by molar-refractivity contribution is -0.137. The van der Waals surface area contributed by atoms with E-state index in [4.69, 9.17) is 5.11 Å². The molecule has 0 radical (unpaired) electrons. The third-order valence-corrected chi connectivity index (χ3v) is 4.07. The van der Waals surface area contributed by atoms with Crippen LogP contribution in [0.3, 0.4) is 0 Å². The van der Waals surface area contributed by atoms with Crippen molar-refractivity contribution >= 4 is 16.0 Å². The Morgan fingerprint density at radius 2 is 1.95 bits per heavy atom. The van der Waals surface area contributed by atoms with Gasteiger partial charge >= 0.3 is 5.97 Å². The van der Waals surface area contributed by atoms with Crippen molar-refractivity contribution in [1.29, 1.82) is 0 Å². The lowest BCUT2D eigenvalue weighted by Gasteiger charge is -2.14. The Morgan fingerprint density at radius 1 is 1.37 bits per heavy atom. The second kappa shape index (κ2) is 6.63. The second-order valence-corrected chi connectivity index (χ2v) is 6.08. The van der Waals surface area contributed by atoms with Crippen molar-refractivity contribution in [1.82, 2.24) is 4.72 Å². The molecule has 0 fully saturated rings. The van der Waals surface area contributed by atoms with Crippen LogP contribution in [0.4, 0.5) is 4.39 Å². The number of sulfonamides is 1. The summed E-state index contributed by atoms with van der Waals surface area (Å²) >= 11 is 0. The Hall–Kier alpha value is -1.47. The Labute approximate surface area is 111 Å². The molecule has 0 amide bonds. The molecule has 0 saturated carbocycles. The maximum Gasteiger partial charge on any atom is 0.303 e. The average molecular weight is 289 g/mol. The third-order valence-electron chi connectivity index (χ3n) is 2.53. The van der Waals surface area contributed by atoms with Gasteiger partial charge in [0.2, 0.25) is 10.0 Å². The summed E-state index contributed by atoms with van der Waals surface area (Å²) in [7, 11) is -3.54. The van der Waals surface area contributed by atoms with Crippen LogP contribution >= 0.6 is 0 Å². The molecular weight excluding hydrogens is 273 g/mol. The van der Waals surface area contributed by atoms with E-state index in [9.17, 15) is 17.6 Å². The minimum absolute atomic E-state index is 0.0564. The van der Waals surface area contributed by atoms with Crippen molar-refractivity contribution in [2.45, 2.75) is 25.8 Å². The molecule has 0 saturated heterocycles. The lowest BCUT2D eigenvalue weighted by atomic mass is 10.1. The molecule has 1 aromatic rings. The number of hydrogen-bond donors (Lipinski definition) is 2. The molecular formula is C12H16FNO4S. The Kier molecular flexibility index (Phi) is 5.44. The molecule has 5 nitrogen and oxygen atoms in total. The van der Waals surface area contributed by atoms with E-state index in [1.807, 2.05) is 0 Å². The minimum atomic E-state index is -3.54. The first-order chi connectivity index (χ1) is 8.80. The molecule has 0 aliphatic rings. The normalized spacial score (nSPS) is 13.2. The average Bonchev–Trinajstić information content (AvgIpc) is 2.28. The van der Waals surface area contributed by atoms with Gasteiger partial charge < -0.3 is 5.11 Å². The molecule has 0 spiro atoms. The summed E-state index contributed by atoms with van der Waals surface area (Å²) in [5.74, 6) is -1.66. The van der Waals surface area contributed by atoms with Crippen LogP contribution in [0.15, 0.2) is 24.3 Å². The molecule has 1 rings (SSSR count). The fourth-order valence-corrected chi connectivity index (χ4v) is 2.88. The zero-order valence-electron chi connectivity index (χ0n) is 10.5. The van der Waals surface area contributed by atoms with Gasteiger partial charge in [-0.2, -0.15) is 0 Å². The van der Waals surface area contributed by atoms with E-state index in [0.29, 0.717) is 5.56 Å². The van der Waals surface area contributed by atoms with E-state index in [1.54, 1.807) is 6.92 Å². The van der Waals surface area contributed by atoms with Crippen molar-refractivity contribution in [3.63, 3.8) is 0 Å². The number of aliphatic carboxylic acids is 1. The van der Waals surface area contributed by atoms with Gasteiger partial charge in [0.1, 0.15) is 5.82 Å². The van der Waals surface area contributed by atoms with Crippen molar-refractivity contribution in [2.24, 2.45) is 0 Å². The summed E-state index contributed by atoms with van der Waals surface area (Å²) in [6.45, 7) is 1.64. The van der Waals surface area contributed by atoms with E-state index in [-0.39, 0.29) is 24.4 Å². The first-order valence-corrected chi connectivity index (χ1v) is 7.42. The van der Waals surface area contributed by atoms with Crippen LogP contribution in [0.5, 0.6) is 0 Å². The Balaban J connectivity index is 2.57. The molecule has 2 N–H and O–H groups in total. The summed E-state index contributed by atoms with van der Waals surface area (Å²) in [6.07, 6.45) is -0.132. The van der Waals surface area contributed by atoms with Gasteiger partial charge in [-0.3, -0.25) is 4.79 Å². The molecule has 0 heterocycles. The van der Waals surface area contributed by atoms with Crippen molar-refractivity contribution in [3.8, 4) is 0 Å². The highest BCUT2D eigenvalue weighted by atomic mass is 32.2. The van der Waals surface area contributed by atoms with Gasteiger partial charge in [-0.15, -0.1) is 0 Å². The number of halogens is 1. The summed E-state index contributed by atoms with van der Waals surface area (Å²) in [5.41, 5.74) is 0.642. The standard InChI is InChI=1S/C12H16FNO4S/c1-9(10-4-6-11(13)7-5-10)14-19(17,18)8-2-3-12(15)16/h4-7,9,14H,2-3,8H2,1H3,(H,15,16). The molecule has 0 aliphatic heterocycles. The number of benzene rings is 1. The second-order valence-electron chi connectivity index (χ2n) is 4.21. The predicted molar refractivity (Wildman–Crippen MR) is 68.6 cm³/mol. The van der Waals surface area contributed by atoms with Crippen LogP contribution < -0.4 is 4.72 Å². The quantitative estimate of drug-likeness (QED) is 0.799. The minimum Gasteiger partial charge on any atom is -0.481 e. The molecule has 0 aromatic heterocycles. The molecule has 7 heteroatoms. The van der Waals surface area contributed by atoms with Crippen LogP contribution in [-0.4, -0.2) is 25.2 Å². The maximum absolute atomic E-state index is 12.7. The van der Waals surface area contributed by atoms with Gasteiger partial charge in [-0.05, 0) is 31.0 Å². The van der Waals surface area contributed by atoms with E-state index < -0.39 is 22.0 Å². The highest BCUT2D eigenvalue weighted by Crippen LogP contribution is 2.14. The lowest BCUT2D eigenvalue weighted by Crippen LogP contribution is -2.29. The van der Waals surface area contributed by atoms with Crippen LogP contribution in [0.2, 0.25) is 0 Å². The van der Waals surface area contributed by atoms with E-state index in [2.05, 4.69) is 4.72 Å². The van der Waals surface area contributed by atoms with Gasteiger partial charge in [-0.1, -0.05) is 12.1 Å². The number of carbonyl (C=O) groups is 1. The predicted octanol–water partition coefficient (Wildman–Crippen LogP) is 1.67. The molecule has 0 aliphatic carbocycles. The molecule has 1 aromatic carbocycles. The first kappa shape index (κ1) is 15.6. The number of carboxylic acid groups (broad SMARTS) is 1. The fraction of sp³-hybridized carbons (Fsp3) is 0.417. The Morgan fingerprint density at radius 3 is 2.47 bits per heavy atom. The van der Waals surface area contributed by atoms with Gasteiger partial charge in [0.25, 0.3) is 0 Å². The largest absolute Gasteiger partial charge is 0.481 e. The van der Waals surface area contributed by atoms with Gasteiger partial charge in [0.05, 0.1) is 5.75 Å². The third kappa shape index (κ3) is 5.80. The van der Waals surface area contributed by atoms with Gasteiger partial charge in [-0.25, -0.2) is 17.5 Å². The zero-order valence-corrected chi connectivity index (χ0v) is 11.3. The monoisotopic (exact) mass is 289 g/mol. The summed E-state index contributed by atoms with van der Waals surface area (Å²) < 4.78 is 38.5. The van der Waals surface area contributed by atoms with E-state index >= 15 is 0 Å². The Bertz CT molecular complexity index is 527.